The monoisotopic (exact) mass is 582 g/mol. The van der Waals surface area contributed by atoms with Crippen molar-refractivity contribution in [3.63, 3.8) is 0 Å². The Morgan fingerprint density at radius 1 is 0.511 bits per heavy atom. The van der Waals surface area contributed by atoms with Crippen LogP contribution in [-0.2, 0) is 0 Å². The Morgan fingerprint density at radius 3 is 1.82 bits per heavy atom. The van der Waals surface area contributed by atoms with Crippen molar-refractivity contribution in [2.45, 2.75) is 0 Å². The normalized spacial score (nSPS) is 14.3. The van der Waals surface area contributed by atoms with Gasteiger partial charge in [-0.25, -0.2) is 0 Å². The van der Waals surface area contributed by atoms with Gasteiger partial charge in [0.2, 0.25) is 0 Å². The maximum absolute atomic E-state index is 6.87. The fourth-order valence-electron chi connectivity index (χ4n) is 5.86. The van der Waals surface area contributed by atoms with Gasteiger partial charge in [0, 0.05) is 39.6 Å². The Bertz CT molecular complexity index is 2170. The van der Waals surface area contributed by atoms with Crippen molar-refractivity contribution in [2.24, 2.45) is 5.16 Å². The van der Waals surface area contributed by atoms with E-state index in [1.807, 2.05) is 84.9 Å². The molecule has 5 heteroatoms. The smallest absolute Gasteiger partial charge is 0.166 e. The fourth-order valence-corrected chi connectivity index (χ4v) is 5.86. The molecular weight excluding hydrogens is 556 g/mol. The lowest BCUT2D eigenvalue weighted by atomic mass is 9.91. The first kappa shape index (κ1) is 26.4. The number of nitrogens with zero attached hydrogens (tertiary/aromatic N) is 2. The summed E-state index contributed by atoms with van der Waals surface area (Å²) in [5, 5.41) is 4.06. The zero-order valence-electron chi connectivity index (χ0n) is 24.2. The lowest BCUT2D eigenvalue weighted by Crippen LogP contribution is -1.99. The van der Waals surface area contributed by atoms with Crippen LogP contribution in [0.25, 0.3) is 50.2 Å². The molecule has 6 aromatic rings. The molecule has 2 aliphatic rings. The second kappa shape index (κ2) is 11.1. The number of ether oxygens (including phenoxy) is 2. The van der Waals surface area contributed by atoms with Crippen molar-refractivity contribution in [1.29, 1.82) is 0 Å². The molecule has 0 aliphatic carbocycles. The van der Waals surface area contributed by atoms with Gasteiger partial charge in [-0.15, -0.1) is 0 Å². The maximum atomic E-state index is 6.87. The molecule has 0 fully saturated rings. The minimum atomic E-state index is 0.641. The number of allylic oxidation sites excluding steroid dienone is 3. The lowest BCUT2D eigenvalue weighted by molar-refractivity contribution is 0.343. The molecule has 0 radical (unpaired) electrons. The summed E-state index contributed by atoms with van der Waals surface area (Å²) in [5.41, 5.74) is 9.12. The summed E-state index contributed by atoms with van der Waals surface area (Å²) in [4.78, 5) is 10.3. The van der Waals surface area contributed by atoms with Crippen molar-refractivity contribution >= 4 is 11.8 Å². The highest BCUT2D eigenvalue weighted by Crippen LogP contribution is 2.49. The van der Waals surface area contributed by atoms with Crippen LogP contribution in [0.2, 0.25) is 0 Å². The number of pyridine rings is 1. The largest absolute Gasteiger partial charge is 0.456 e. The van der Waals surface area contributed by atoms with E-state index in [-0.39, 0.29) is 0 Å². The quantitative estimate of drug-likeness (QED) is 0.203. The Kier molecular flexibility index (Phi) is 6.54. The predicted octanol–water partition coefficient (Wildman–Crippen LogP) is 10.6. The minimum absolute atomic E-state index is 0.641. The number of aromatic nitrogens is 1. The van der Waals surface area contributed by atoms with E-state index in [1.165, 1.54) is 0 Å². The molecule has 45 heavy (non-hydrogen) atoms. The van der Waals surface area contributed by atoms with Crippen LogP contribution in [0.15, 0.2) is 151 Å². The van der Waals surface area contributed by atoms with Crippen molar-refractivity contribution in [1.82, 2.24) is 4.98 Å². The summed E-state index contributed by atoms with van der Waals surface area (Å²) in [6.07, 6.45) is 7.17. The van der Waals surface area contributed by atoms with E-state index in [9.17, 15) is 0 Å². The zero-order chi connectivity index (χ0) is 30.2. The second-order valence-corrected chi connectivity index (χ2v) is 10.7. The van der Waals surface area contributed by atoms with Gasteiger partial charge in [0.1, 0.15) is 23.0 Å². The highest BCUT2D eigenvalue weighted by molar-refractivity contribution is 5.92. The van der Waals surface area contributed by atoms with E-state index in [1.54, 1.807) is 12.4 Å². The summed E-state index contributed by atoms with van der Waals surface area (Å²) in [7, 11) is 0. The van der Waals surface area contributed by atoms with E-state index < -0.39 is 0 Å². The van der Waals surface area contributed by atoms with Crippen LogP contribution in [0, 0.1) is 0 Å². The molecule has 8 rings (SSSR count). The van der Waals surface area contributed by atoms with Gasteiger partial charge in [-0.1, -0.05) is 84.5 Å². The first-order chi connectivity index (χ1) is 22.2. The highest BCUT2D eigenvalue weighted by atomic mass is 16.6. The molecule has 0 bridgehead atoms. The van der Waals surface area contributed by atoms with E-state index in [2.05, 4.69) is 65.2 Å². The number of hydrogen-bond acceptors (Lipinski definition) is 5. The second-order valence-electron chi connectivity index (χ2n) is 10.7. The first-order valence-corrected chi connectivity index (χ1v) is 14.7. The third-order valence-corrected chi connectivity index (χ3v) is 7.97. The van der Waals surface area contributed by atoms with Crippen LogP contribution in [0.5, 0.6) is 28.7 Å². The van der Waals surface area contributed by atoms with Gasteiger partial charge in [-0.05, 0) is 77.4 Å². The van der Waals surface area contributed by atoms with Crippen molar-refractivity contribution in [3.8, 4) is 73.4 Å². The Hall–Kier alpha value is -6.20. The number of benzene rings is 5. The highest BCUT2D eigenvalue weighted by Gasteiger charge is 2.22. The average molecular weight is 583 g/mol. The Balaban J connectivity index is 1.36. The SMILES string of the molecule is C=C1/C=C\C=N/Oc2cccc(-c3ccc4c(c3)Oc3ccccc3-c3ccccc3Oc3cc(-c5ccccn5)ccc3-4)c21. The van der Waals surface area contributed by atoms with Crippen molar-refractivity contribution in [2.75, 3.05) is 0 Å². The number of hydrogen-bond donors (Lipinski definition) is 0. The van der Waals surface area contributed by atoms with Crippen molar-refractivity contribution < 1.29 is 14.3 Å². The van der Waals surface area contributed by atoms with E-state index in [4.69, 9.17) is 14.3 Å². The third kappa shape index (κ3) is 4.86. The molecule has 0 atom stereocenters. The molecule has 0 saturated heterocycles. The molecule has 0 N–H and O–H groups in total. The molecule has 214 valence electrons. The molecule has 5 aromatic carbocycles. The van der Waals surface area contributed by atoms with Gasteiger partial charge in [-0.3, -0.25) is 4.98 Å². The Morgan fingerprint density at radius 2 is 1.11 bits per heavy atom. The summed E-state index contributed by atoms with van der Waals surface area (Å²) in [6.45, 7) is 4.31. The van der Waals surface area contributed by atoms with E-state index in [0.29, 0.717) is 17.2 Å². The predicted molar refractivity (Wildman–Crippen MR) is 180 cm³/mol. The Labute approximate surface area is 261 Å². The number of oxime groups is 1. The van der Waals surface area contributed by atoms with E-state index >= 15 is 0 Å². The number of fused-ring (bicyclic) bond motifs is 7. The fraction of sp³-hybridized carbons (Fsp3) is 0. The van der Waals surface area contributed by atoms with Gasteiger partial charge in [0.05, 0.1) is 11.9 Å². The summed E-state index contributed by atoms with van der Waals surface area (Å²) in [5.74, 6) is 3.51. The molecular formula is C40H26N2O3. The van der Waals surface area contributed by atoms with Gasteiger partial charge in [0.25, 0.3) is 0 Å². The van der Waals surface area contributed by atoms with Gasteiger partial charge in [-0.2, -0.15) is 0 Å². The molecule has 5 nitrogen and oxygen atoms in total. The molecule has 0 saturated carbocycles. The van der Waals surface area contributed by atoms with Gasteiger partial charge in [0.15, 0.2) is 5.75 Å². The molecule has 3 heterocycles. The zero-order valence-corrected chi connectivity index (χ0v) is 24.2. The topological polar surface area (TPSA) is 52.9 Å². The first-order valence-electron chi connectivity index (χ1n) is 14.7. The van der Waals surface area contributed by atoms with Crippen LogP contribution < -0.4 is 14.3 Å². The minimum Gasteiger partial charge on any atom is -0.456 e. The molecule has 1 aromatic heterocycles. The van der Waals surface area contributed by atoms with Gasteiger partial charge >= 0.3 is 0 Å². The van der Waals surface area contributed by atoms with Crippen molar-refractivity contribution in [3.05, 3.63) is 152 Å². The van der Waals surface area contributed by atoms with E-state index in [0.717, 1.165) is 67.3 Å². The average Bonchev–Trinajstić information content (AvgIpc) is 3.08. The van der Waals surface area contributed by atoms with Gasteiger partial charge < -0.3 is 14.3 Å². The van der Waals surface area contributed by atoms with Crippen LogP contribution in [0.4, 0.5) is 0 Å². The molecule has 0 spiro atoms. The van der Waals surface area contributed by atoms with Crippen LogP contribution in [0.1, 0.15) is 5.56 Å². The molecule has 2 aliphatic heterocycles. The number of rotatable bonds is 2. The third-order valence-electron chi connectivity index (χ3n) is 7.97. The van der Waals surface area contributed by atoms with Crippen LogP contribution >= 0.6 is 0 Å². The van der Waals surface area contributed by atoms with Crippen LogP contribution in [-0.4, -0.2) is 11.2 Å². The number of para-hydroxylation sites is 2. The summed E-state index contributed by atoms with van der Waals surface area (Å²) in [6, 6.07) is 40.4. The molecule has 0 unspecified atom stereocenters. The standard InChI is InChI=1S/C40H26N2O3/c1-26-10-9-23-42-45-37-17-8-13-29(40(26)37)27-18-20-32-33-21-19-28(34-14-6-7-22-41-34)25-39(33)44-36-16-5-3-12-31(36)30-11-2-4-15-35(30)43-38(32)24-27/h2-25H,1H2/b10-9-,42-23-. The van der Waals surface area contributed by atoms with Crippen LogP contribution in [0.3, 0.4) is 0 Å². The molecule has 0 amide bonds. The summed E-state index contributed by atoms with van der Waals surface area (Å²) >= 11 is 0. The summed E-state index contributed by atoms with van der Waals surface area (Å²) < 4.78 is 13.7. The maximum Gasteiger partial charge on any atom is 0.166 e. The lowest BCUT2D eigenvalue weighted by Gasteiger charge is -2.22.